The number of nitrogens with zero attached hydrogens (tertiary/aromatic N) is 1. The van der Waals surface area contributed by atoms with E-state index in [2.05, 4.69) is 22.0 Å². The van der Waals surface area contributed by atoms with Crippen molar-refractivity contribution in [2.24, 2.45) is 0 Å². The van der Waals surface area contributed by atoms with Crippen molar-refractivity contribution in [2.45, 2.75) is 25.6 Å². The van der Waals surface area contributed by atoms with Crippen LogP contribution in [0.4, 0.5) is 0 Å². The number of fused-ring (bicyclic) bond motifs is 1. The van der Waals surface area contributed by atoms with Crippen molar-refractivity contribution >= 4 is 21.9 Å². The van der Waals surface area contributed by atoms with Gasteiger partial charge in [-0.3, -0.25) is 9.69 Å². The largest absolute Gasteiger partial charge is 0.480 e. The summed E-state index contributed by atoms with van der Waals surface area (Å²) < 4.78 is 6.15. The van der Waals surface area contributed by atoms with Crippen molar-refractivity contribution in [1.29, 1.82) is 0 Å². The zero-order valence-corrected chi connectivity index (χ0v) is 12.3. The van der Waals surface area contributed by atoms with Gasteiger partial charge in [0.25, 0.3) is 0 Å². The van der Waals surface area contributed by atoms with Gasteiger partial charge in [-0.2, -0.15) is 0 Å². The second-order valence-electron chi connectivity index (χ2n) is 4.94. The number of carbonyl (C=O) groups is 1. The highest BCUT2D eigenvalue weighted by molar-refractivity contribution is 9.10. The van der Waals surface area contributed by atoms with E-state index in [0.717, 1.165) is 11.3 Å². The Balaban J connectivity index is 1.86. The molecule has 4 nitrogen and oxygen atoms in total. The number of aliphatic carboxylic acids is 1. The van der Waals surface area contributed by atoms with E-state index in [1.165, 1.54) is 5.56 Å². The predicted molar refractivity (Wildman–Crippen MR) is 77.2 cm³/mol. The molecular formula is C15H14BrNO3. The molecule has 1 aromatic carbocycles. The van der Waals surface area contributed by atoms with Crippen molar-refractivity contribution < 1.29 is 14.3 Å². The molecule has 0 spiro atoms. The van der Waals surface area contributed by atoms with Gasteiger partial charge in [0.1, 0.15) is 11.8 Å². The van der Waals surface area contributed by atoms with E-state index in [-0.39, 0.29) is 0 Å². The highest BCUT2D eigenvalue weighted by Crippen LogP contribution is 2.26. The Kier molecular flexibility index (Phi) is 3.63. The lowest BCUT2D eigenvalue weighted by Crippen LogP contribution is -2.44. The fourth-order valence-electron chi connectivity index (χ4n) is 2.62. The van der Waals surface area contributed by atoms with E-state index in [1.807, 2.05) is 35.2 Å². The Morgan fingerprint density at radius 1 is 1.30 bits per heavy atom. The van der Waals surface area contributed by atoms with E-state index in [1.54, 1.807) is 0 Å². The fourth-order valence-corrected chi connectivity index (χ4v) is 2.96. The fraction of sp³-hybridized carbons (Fsp3) is 0.267. The molecule has 1 aromatic heterocycles. The molecule has 0 saturated carbocycles. The lowest BCUT2D eigenvalue weighted by Gasteiger charge is -2.33. The zero-order valence-electron chi connectivity index (χ0n) is 10.8. The van der Waals surface area contributed by atoms with Crippen LogP contribution in [0.3, 0.4) is 0 Å². The number of furan rings is 1. The molecule has 1 N–H and O–H groups in total. The van der Waals surface area contributed by atoms with Crippen LogP contribution < -0.4 is 0 Å². The SMILES string of the molecule is O=C(O)[C@@H]1Cc2ccccc2CN1Cc1ccc(Br)o1. The van der Waals surface area contributed by atoms with Crippen LogP contribution in [0.1, 0.15) is 16.9 Å². The zero-order chi connectivity index (χ0) is 14.1. The first kappa shape index (κ1) is 13.4. The van der Waals surface area contributed by atoms with Gasteiger partial charge < -0.3 is 9.52 Å². The maximum absolute atomic E-state index is 11.5. The first-order valence-corrected chi connectivity index (χ1v) is 7.20. The molecule has 0 fully saturated rings. The highest BCUT2D eigenvalue weighted by atomic mass is 79.9. The second-order valence-corrected chi connectivity index (χ2v) is 5.72. The topological polar surface area (TPSA) is 53.7 Å². The molecule has 2 heterocycles. The minimum absolute atomic E-state index is 0.497. The number of hydrogen-bond acceptors (Lipinski definition) is 3. The van der Waals surface area contributed by atoms with Crippen molar-refractivity contribution in [3.8, 4) is 0 Å². The van der Waals surface area contributed by atoms with Crippen molar-refractivity contribution in [3.05, 3.63) is 58.0 Å². The van der Waals surface area contributed by atoms with Crippen LogP contribution in [-0.4, -0.2) is 22.0 Å². The van der Waals surface area contributed by atoms with Crippen molar-refractivity contribution in [2.75, 3.05) is 0 Å². The maximum atomic E-state index is 11.5. The van der Waals surface area contributed by atoms with Gasteiger partial charge in [-0.05, 0) is 45.6 Å². The third-order valence-corrected chi connectivity index (χ3v) is 4.04. The van der Waals surface area contributed by atoms with Gasteiger partial charge in [0.15, 0.2) is 4.67 Å². The number of carboxylic acids is 1. The number of halogens is 1. The summed E-state index contributed by atoms with van der Waals surface area (Å²) in [5, 5.41) is 9.44. The molecule has 0 saturated heterocycles. The normalized spacial score (nSPS) is 18.8. The van der Waals surface area contributed by atoms with Crippen LogP contribution in [-0.2, 0) is 24.3 Å². The number of benzene rings is 1. The average molecular weight is 336 g/mol. The molecule has 104 valence electrons. The average Bonchev–Trinajstić information content (AvgIpc) is 2.83. The van der Waals surface area contributed by atoms with E-state index >= 15 is 0 Å². The van der Waals surface area contributed by atoms with Crippen molar-refractivity contribution in [3.63, 3.8) is 0 Å². The summed E-state index contributed by atoms with van der Waals surface area (Å²) in [6.45, 7) is 1.13. The number of carboxylic acid groups (broad SMARTS) is 1. The Hall–Kier alpha value is -1.59. The highest BCUT2D eigenvalue weighted by Gasteiger charge is 2.31. The molecule has 3 rings (SSSR count). The summed E-state index contributed by atoms with van der Waals surface area (Å²) in [5.74, 6) is -0.0207. The van der Waals surface area contributed by atoms with Gasteiger partial charge >= 0.3 is 5.97 Å². The number of rotatable bonds is 3. The van der Waals surface area contributed by atoms with Gasteiger partial charge in [-0.1, -0.05) is 24.3 Å². The summed E-state index contributed by atoms with van der Waals surface area (Å²) in [6, 6.07) is 11.2. The van der Waals surface area contributed by atoms with Crippen LogP contribution in [0.25, 0.3) is 0 Å². The molecule has 1 aliphatic heterocycles. The van der Waals surface area contributed by atoms with Gasteiger partial charge in [0, 0.05) is 6.54 Å². The van der Waals surface area contributed by atoms with Gasteiger partial charge in [-0.25, -0.2) is 0 Å². The Labute approximate surface area is 125 Å². The van der Waals surface area contributed by atoms with Crippen LogP contribution in [0.5, 0.6) is 0 Å². The molecule has 2 aromatic rings. The minimum atomic E-state index is -0.787. The summed E-state index contributed by atoms with van der Waals surface area (Å²) in [7, 11) is 0. The molecule has 20 heavy (non-hydrogen) atoms. The molecule has 0 bridgehead atoms. The lowest BCUT2D eigenvalue weighted by atomic mass is 9.94. The second kappa shape index (κ2) is 5.42. The van der Waals surface area contributed by atoms with Crippen LogP contribution in [0.15, 0.2) is 45.5 Å². The smallest absolute Gasteiger partial charge is 0.321 e. The molecule has 5 heteroatoms. The third-order valence-electron chi connectivity index (χ3n) is 3.62. The Bertz CT molecular complexity index is 638. The molecular weight excluding hydrogens is 322 g/mol. The molecule has 0 aliphatic carbocycles. The van der Waals surface area contributed by atoms with Crippen LogP contribution in [0.2, 0.25) is 0 Å². The maximum Gasteiger partial charge on any atom is 0.321 e. The monoisotopic (exact) mass is 335 g/mol. The number of hydrogen-bond donors (Lipinski definition) is 1. The van der Waals surface area contributed by atoms with Gasteiger partial charge in [-0.15, -0.1) is 0 Å². The summed E-state index contributed by atoms with van der Waals surface area (Å²) >= 11 is 3.27. The van der Waals surface area contributed by atoms with Crippen LogP contribution in [0, 0.1) is 0 Å². The Morgan fingerprint density at radius 3 is 2.70 bits per heavy atom. The third kappa shape index (κ3) is 2.64. The first-order chi connectivity index (χ1) is 9.63. The van der Waals surface area contributed by atoms with E-state index < -0.39 is 12.0 Å². The standard InChI is InChI=1S/C15H14BrNO3/c16-14-6-5-12(20-14)9-17-8-11-4-2-1-3-10(11)7-13(17)15(18)19/h1-6,13H,7-9H2,(H,18,19)/t13-/m0/s1. The lowest BCUT2D eigenvalue weighted by molar-refractivity contribution is -0.144. The molecule has 1 aliphatic rings. The van der Waals surface area contributed by atoms with Crippen LogP contribution >= 0.6 is 15.9 Å². The molecule has 1 atom stereocenters. The van der Waals surface area contributed by atoms with E-state index in [9.17, 15) is 9.90 Å². The summed E-state index contributed by atoms with van der Waals surface area (Å²) in [5.41, 5.74) is 2.31. The summed E-state index contributed by atoms with van der Waals surface area (Å²) in [4.78, 5) is 13.4. The minimum Gasteiger partial charge on any atom is -0.480 e. The molecule has 0 unspecified atom stereocenters. The summed E-state index contributed by atoms with van der Waals surface area (Å²) in [6.07, 6.45) is 0.535. The quantitative estimate of drug-likeness (QED) is 0.936. The van der Waals surface area contributed by atoms with Crippen molar-refractivity contribution in [1.82, 2.24) is 4.90 Å². The van der Waals surface area contributed by atoms with Gasteiger partial charge in [0.05, 0.1) is 6.54 Å². The Morgan fingerprint density at radius 2 is 2.05 bits per heavy atom. The first-order valence-electron chi connectivity index (χ1n) is 6.41. The van der Waals surface area contributed by atoms with E-state index in [0.29, 0.717) is 24.2 Å². The molecule has 0 amide bonds. The predicted octanol–water partition coefficient (Wildman–Crippen LogP) is 3.05. The molecule has 0 radical (unpaired) electrons. The van der Waals surface area contributed by atoms with E-state index in [4.69, 9.17) is 4.42 Å². The van der Waals surface area contributed by atoms with Gasteiger partial charge in [0.2, 0.25) is 0 Å².